The van der Waals surface area contributed by atoms with Gasteiger partial charge in [0.2, 0.25) is 0 Å². The van der Waals surface area contributed by atoms with Crippen LogP contribution in [0.15, 0.2) is 48.5 Å². The third-order valence-corrected chi connectivity index (χ3v) is 5.09. The van der Waals surface area contributed by atoms with Crippen LogP contribution in [-0.2, 0) is 0 Å². The molecule has 128 valence electrons. The number of hydrogen-bond donors (Lipinski definition) is 2. The van der Waals surface area contributed by atoms with Crippen LogP contribution < -0.4 is 10.1 Å². The van der Waals surface area contributed by atoms with Crippen molar-refractivity contribution in [1.82, 2.24) is 5.32 Å². The van der Waals surface area contributed by atoms with Crippen LogP contribution in [-0.4, -0.2) is 29.8 Å². The highest BCUT2D eigenvalue weighted by Crippen LogP contribution is 2.44. The number of benzene rings is 2. The second-order valence-corrected chi connectivity index (χ2v) is 6.80. The number of carboxylic acid groups (broad SMARTS) is 1. The number of hydrogen-bond acceptors (Lipinski definition) is 3. The second kappa shape index (κ2) is 6.37. The fourth-order valence-corrected chi connectivity index (χ4v) is 3.75. The van der Waals surface area contributed by atoms with Gasteiger partial charge in [0.15, 0.2) is 0 Å². The minimum atomic E-state index is -0.899. The molecule has 0 radical (unpaired) electrons. The van der Waals surface area contributed by atoms with E-state index in [1.54, 1.807) is 12.1 Å². The first-order chi connectivity index (χ1) is 12.2. The molecule has 2 aliphatic rings. The first-order valence-electron chi connectivity index (χ1n) is 8.68. The summed E-state index contributed by atoms with van der Waals surface area (Å²) in [6.45, 7) is 1.95. The van der Waals surface area contributed by atoms with E-state index in [4.69, 9.17) is 9.84 Å². The molecule has 0 aromatic heterocycles. The van der Waals surface area contributed by atoms with Crippen LogP contribution >= 0.6 is 0 Å². The lowest BCUT2D eigenvalue weighted by Crippen LogP contribution is -2.47. The van der Waals surface area contributed by atoms with Crippen LogP contribution in [0.25, 0.3) is 11.6 Å². The van der Waals surface area contributed by atoms with Crippen molar-refractivity contribution in [3.05, 3.63) is 65.2 Å². The van der Waals surface area contributed by atoms with Crippen LogP contribution in [0.5, 0.6) is 5.75 Å². The summed E-state index contributed by atoms with van der Waals surface area (Å²) in [6.07, 6.45) is 5.04. The Morgan fingerprint density at radius 2 is 1.80 bits per heavy atom. The zero-order valence-electron chi connectivity index (χ0n) is 14.0. The lowest BCUT2D eigenvalue weighted by molar-refractivity contribution is 0.0359. The molecular weight excluding hydrogens is 314 g/mol. The number of ether oxygens (including phenoxy) is 1. The van der Waals surface area contributed by atoms with E-state index in [-0.39, 0.29) is 5.60 Å². The van der Waals surface area contributed by atoms with E-state index in [1.807, 2.05) is 30.3 Å². The molecule has 2 N–H and O–H groups in total. The molecule has 4 heteroatoms. The van der Waals surface area contributed by atoms with Crippen molar-refractivity contribution in [1.29, 1.82) is 0 Å². The largest absolute Gasteiger partial charge is 0.486 e. The Bertz CT molecular complexity index is 817. The van der Waals surface area contributed by atoms with Crippen LogP contribution in [0.1, 0.15) is 40.7 Å². The third kappa shape index (κ3) is 3.17. The molecule has 1 fully saturated rings. The Balaban J connectivity index is 1.72. The summed E-state index contributed by atoms with van der Waals surface area (Å²) in [5.41, 5.74) is 3.58. The maximum atomic E-state index is 11.0. The molecule has 2 aliphatic heterocycles. The van der Waals surface area contributed by atoms with Crippen molar-refractivity contribution < 1.29 is 14.6 Å². The Morgan fingerprint density at radius 1 is 1.08 bits per heavy atom. The van der Waals surface area contributed by atoms with Crippen LogP contribution in [0.4, 0.5) is 0 Å². The van der Waals surface area contributed by atoms with Gasteiger partial charge >= 0.3 is 5.97 Å². The highest BCUT2D eigenvalue weighted by atomic mass is 16.5. The van der Waals surface area contributed by atoms with Crippen molar-refractivity contribution in [2.24, 2.45) is 0 Å². The zero-order chi connectivity index (χ0) is 17.3. The summed E-state index contributed by atoms with van der Waals surface area (Å²) in [5.74, 6) is 0.0494. The van der Waals surface area contributed by atoms with Crippen LogP contribution in [0, 0.1) is 0 Å². The van der Waals surface area contributed by atoms with E-state index in [0.29, 0.717) is 5.56 Å². The Labute approximate surface area is 147 Å². The Morgan fingerprint density at radius 3 is 2.52 bits per heavy atom. The molecule has 0 bridgehead atoms. The van der Waals surface area contributed by atoms with E-state index < -0.39 is 5.97 Å². The Hall–Kier alpha value is -2.59. The highest BCUT2D eigenvalue weighted by molar-refractivity contribution is 5.89. The average Bonchev–Trinajstić information content (AvgIpc) is 2.63. The molecule has 1 saturated heterocycles. The van der Waals surface area contributed by atoms with Crippen LogP contribution in [0.2, 0.25) is 0 Å². The molecule has 4 rings (SSSR count). The highest BCUT2D eigenvalue weighted by Gasteiger charge is 2.39. The first-order valence-corrected chi connectivity index (χ1v) is 8.68. The van der Waals surface area contributed by atoms with Crippen LogP contribution in [0.3, 0.4) is 0 Å². The molecule has 0 saturated carbocycles. The van der Waals surface area contributed by atoms with Gasteiger partial charge in [-0.3, -0.25) is 0 Å². The first kappa shape index (κ1) is 15.9. The molecular formula is C21H21NO3. The number of aromatic carboxylic acids is 1. The minimum absolute atomic E-state index is 0.132. The number of rotatable bonds is 2. The van der Waals surface area contributed by atoms with E-state index in [1.165, 1.54) is 5.57 Å². The zero-order valence-corrected chi connectivity index (χ0v) is 14.0. The van der Waals surface area contributed by atoms with Crippen molar-refractivity contribution in [2.45, 2.75) is 24.9 Å². The van der Waals surface area contributed by atoms with Crippen molar-refractivity contribution >= 4 is 17.6 Å². The van der Waals surface area contributed by atoms with Gasteiger partial charge < -0.3 is 15.2 Å². The summed E-state index contributed by atoms with van der Waals surface area (Å²) in [6, 6.07) is 15.2. The summed E-state index contributed by atoms with van der Waals surface area (Å²) in [5, 5.41) is 12.5. The van der Waals surface area contributed by atoms with Crippen molar-refractivity contribution in [3.63, 3.8) is 0 Å². The predicted octanol–water partition coefficient (Wildman–Crippen LogP) is 3.83. The van der Waals surface area contributed by atoms with Gasteiger partial charge in [0.05, 0.1) is 5.56 Å². The standard InChI is InChI=1S/C21H21NO3/c23-20(24)16-7-5-15(6-8-16)13-17-14-21(9-11-22-12-10-21)25-19-4-2-1-3-18(17)19/h1-8,13,22H,9-12,14H2,(H,23,24)/b17-13+. The molecule has 0 aliphatic carbocycles. The number of carbonyl (C=O) groups is 1. The molecule has 0 unspecified atom stereocenters. The fraction of sp³-hybridized carbons (Fsp3) is 0.286. The fourth-order valence-electron chi connectivity index (χ4n) is 3.75. The molecule has 0 amide bonds. The summed E-state index contributed by atoms with van der Waals surface area (Å²) < 4.78 is 6.42. The lowest BCUT2D eigenvalue weighted by Gasteiger charge is -2.42. The van der Waals surface area contributed by atoms with E-state index >= 15 is 0 Å². The summed E-state index contributed by atoms with van der Waals surface area (Å²) >= 11 is 0. The van der Waals surface area contributed by atoms with Gasteiger partial charge in [-0.1, -0.05) is 36.4 Å². The SMILES string of the molecule is O=C(O)c1ccc(/C=C2\CC3(CCNCC3)Oc3ccccc32)cc1. The molecule has 2 aromatic rings. The monoisotopic (exact) mass is 335 g/mol. The lowest BCUT2D eigenvalue weighted by atomic mass is 9.80. The number of carboxylic acids is 1. The topological polar surface area (TPSA) is 58.6 Å². The van der Waals surface area contributed by atoms with Gasteiger partial charge in [-0.25, -0.2) is 4.79 Å². The molecule has 2 aromatic carbocycles. The van der Waals surface area contributed by atoms with Gasteiger partial charge in [-0.2, -0.15) is 0 Å². The summed E-state index contributed by atoms with van der Waals surface area (Å²) in [7, 11) is 0. The van der Waals surface area contributed by atoms with Gasteiger partial charge in [0.1, 0.15) is 11.4 Å². The summed E-state index contributed by atoms with van der Waals surface area (Å²) in [4.78, 5) is 11.0. The molecule has 1 spiro atoms. The van der Waals surface area contributed by atoms with Gasteiger partial charge in [0.25, 0.3) is 0 Å². The number of fused-ring (bicyclic) bond motifs is 1. The third-order valence-electron chi connectivity index (χ3n) is 5.09. The van der Waals surface area contributed by atoms with Crippen molar-refractivity contribution in [3.8, 4) is 5.75 Å². The van der Waals surface area contributed by atoms with Crippen molar-refractivity contribution in [2.75, 3.05) is 13.1 Å². The van der Waals surface area contributed by atoms with E-state index in [0.717, 1.165) is 49.2 Å². The maximum absolute atomic E-state index is 11.0. The normalized spacial score (nSPS) is 20.1. The molecule has 4 nitrogen and oxygen atoms in total. The average molecular weight is 335 g/mol. The second-order valence-electron chi connectivity index (χ2n) is 6.80. The maximum Gasteiger partial charge on any atom is 0.335 e. The molecule has 2 heterocycles. The Kier molecular flexibility index (Phi) is 4.06. The predicted molar refractivity (Wildman–Crippen MR) is 97.8 cm³/mol. The number of para-hydroxylation sites is 1. The smallest absolute Gasteiger partial charge is 0.335 e. The quantitative estimate of drug-likeness (QED) is 0.876. The van der Waals surface area contributed by atoms with Gasteiger partial charge in [0, 0.05) is 12.0 Å². The molecule has 25 heavy (non-hydrogen) atoms. The number of nitrogens with one attached hydrogen (secondary N) is 1. The molecule has 0 atom stereocenters. The van der Waals surface area contributed by atoms with E-state index in [2.05, 4.69) is 17.5 Å². The minimum Gasteiger partial charge on any atom is -0.486 e. The van der Waals surface area contributed by atoms with E-state index in [9.17, 15) is 4.79 Å². The van der Waals surface area contributed by atoms with Gasteiger partial charge in [-0.15, -0.1) is 0 Å². The number of piperidine rings is 1. The van der Waals surface area contributed by atoms with Gasteiger partial charge in [-0.05, 0) is 55.3 Å².